The van der Waals surface area contributed by atoms with Gasteiger partial charge in [0.05, 0.1) is 0 Å². The van der Waals surface area contributed by atoms with Crippen molar-refractivity contribution in [1.29, 1.82) is 0 Å². The van der Waals surface area contributed by atoms with Gasteiger partial charge < -0.3 is 5.73 Å². The Labute approximate surface area is 126 Å². The predicted molar refractivity (Wildman–Crippen MR) is 89.9 cm³/mol. The first-order valence-corrected chi connectivity index (χ1v) is 8.49. The second kappa shape index (κ2) is 9.18. The van der Waals surface area contributed by atoms with Crippen molar-refractivity contribution in [2.75, 3.05) is 0 Å². The van der Waals surface area contributed by atoms with Crippen LogP contribution in [-0.2, 0) is 6.42 Å². The van der Waals surface area contributed by atoms with E-state index in [4.69, 9.17) is 5.73 Å². The van der Waals surface area contributed by atoms with E-state index in [2.05, 4.69) is 51.1 Å². The van der Waals surface area contributed by atoms with Gasteiger partial charge in [0.2, 0.25) is 0 Å². The van der Waals surface area contributed by atoms with Gasteiger partial charge in [0.15, 0.2) is 0 Å². The molecule has 1 aromatic carbocycles. The molecule has 1 rings (SSSR count). The molecule has 2 N–H and O–H groups in total. The van der Waals surface area contributed by atoms with Crippen molar-refractivity contribution in [1.82, 2.24) is 0 Å². The molecule has 2 atom stereocenters. The summed E-state index contributed by atoms with van der Waals surface area (Å²) < 4.78 is 0. The number of hydrogen-bond donors (Lipinski definition) is 1. The summed E-state index contributed by atoms with van der Waals surface area (Å²) in [5, 5.41) is 0. The summed E-state index contributed by atoms with van der Waals surface area (Å²) in [5.74, 6) is 0.660. The summed E-state index contributed by atoms with van der Waals surface area (Å²) in [6.07, 6.45) is 9.71. The highest BCUT2D eigenvalue weighted by atomic mass is 14.8. The molecule has 0 bridgehead atoms. The standard InChI is InChI=1S/C19H33N/c1-4-7-14-18(11-5-2)19(20,15-6-3)16-17-12-9-8-10-13-17/h8-10,12-13,18H,4-7,11,14-16,20H2,1-3H3. The van der Waals surface area contributed by atoms with Crippen molar-refractivity contribution < 1.29 is 0 Å². The second-order valence-electron chi connectivity index (χ2n) is 6.27. The Balaban J connectivity index is 2.85. The lowest BCUT2D eigenvalue weighted by Crippen LogP contribution is -2.49. The van der Waals surface area contributed by atoms with Crippen LogP contribution in [0.2, 0.25) is 0 Å². The quantitative estimate of drug-likeness (QED) is 0.613. The maximum absolute atomic E-state index is 6.91. The van der Waals surface area contributed by atoms with Crippen LogP contribution in [0, 0.1) is 5.92 Å². The fourth-order valence-corrected chi connectivity index (χ4v) is 3.40. The van der Waals surface area contributed by atoms with Crippen LogP contribution in [-0.4, -0.2) is 5.54 Å². The number of benzene rings is 1. The Morgan fingerprint density at radius 2 is 1.65 bits per heavy atom. The van der Waals surface area contributed by atoms with Crippen molar-refractivity contribution in [2.24, 2.45) is 11.7 Å². The lowest BCUT2D eigenvalue weighted by Gasteiger charge is -2.38. The van der Waals surface area contributed by atoms with Crippen LogP contribution in [0.3, 0.4) is 0 Å². The van der Waals surface area contributed by atoms with Gasteiger partial charge in [-0.05, 0) is 37.2 Å². The fraction of sp³-hybridized carbons (Fsp3) is 0.684. The van der Waals surface area contributed by atoms with Crippen LogP contribution < -0.4 is 5.73 Å². The summed E-state index contributed by atoms with van der Waals surface area (Å²) in [7, 11) is 0. The van der Waals surface area contributed by atoms with Gasteiger partial charge in [-0.2, -0.15) is 0 Å². The first-order valence-electron chi connectivity index (χ1n) is 8.49. The average Bonchev–Trinajstić information content (AvgIpc) is 2.44. The maximum atomic E-state index is 6.91. The Kier molecular flexibility index (Phi) is 7.91. The van der Waals surface area contributed by atoms with Gasteiger partial charge in [-0.3, -0.25) is 0 Å². The van der Waals surface area contributed by atoms with Gasteiger partial charge in [0.1, 0.15) is 0 Å². The molecule has 0 aliphatic heterocycles. The van der Waals surface area contributed by atoms with Crippen molar-refractivity contribution in [3.63, 3.8) is 0 Å². The molecule has 0 fully saturated rings. The molecule has 1 aromatic rings. The van der Waals surface area contributed by atoms with Crippen LogP contribution in [0.15, 0.2) is 30.3 Å². The minimum Gasteiger partial charge on any atom is -0.325 e. The van der Waals surface area contributed by atoms with Gasteiger partial charge in [-0.25, -0.2) is 0 Å². The lowest BCUT2D eigenvalue weighted by molar-refractivity contribution is 0.215. The molecule has 0 saturated heterocycles. The van der Waals surface area contributed by atoms with Crippen molar-refractivity contribution >= 4 is 0 Å². The summed E-state index contributed by atoms with van der Waals surface area (Å²) in [6.45, 7) is 6.82. The van der Waals surface area contributed by atoms with Crippen LogP contribution in [0.5, 0.6) is 0 Å². The van der Waals surface area contributed by atoms with E-state index in [1.807, 2.05) is 0 Å². The maximum Gasteiger partial charge on any atom is 0.0223 e. The second-order valence-corrected chi connectivity index (χ2v) is 6.27. The normalized spacial score (nSPS) is 15.8. The SMILES string of the molecule is CCCCC(CCC)C(N)(CCC)Cc1ccccc1. The largest absolute Gasteiger partial charge is 0.325 e. The molecular formula is C19H33N. The molecule has 0 saturated carbocycles. The monoisotopic (exact) mass is 275 g/mol. The van der Waals surface area contributed by atoms with E-state index in [1.165, 1.54) is 44.1 Å². The Morgan fingerprint density at radius 3 is 2.20 bits per heavy atom. The molecule has 0 aromatic heterocycles. The molecule has 1 heteroatoms. The minimum absolute atomic E-state index is 0.0265. The number of rotatable bonds is 10. The first-order chi connectivity index (χ1) is 9.66. The third-order valence-electron chi connectivity index (χ3n) is 4.45. The van der Waals surface area contributed by atoms with Gasteiger partial charge in [0.25, 0.3) is 0 Å². The predicted octanol–water partition coefficient (Wildman–Crippen LogP) is 5.33. The van der Waals surface area contributed by atoms with Crippen LogP contribution in [0.4, 0.5) is 0 Å². The zero-order valence-corrected chi connectivity index (χ0v) is 13.7. The zero-order chi connectivity index (χ0) is 14.8. The summed E-state index contributed by atoms with van der Waals surface area (Å²) in [4.78, 5) is 0. The molecule has 1 nitrogen and oxygen atoms in total. The molecule has 0 aliphatic rings. The Morgan fingerprint density at radius 1 is 0.950 bits per heavy atom. The van der Waals surface area contributed by atoms with E-state index >= 15 is 0 Å². The Bertz CT molecular complexity index is 346. The fourth-order valence-electron chi connectivity index (χ4n) is 3.40. The summed E-state index contributed by atoms with van der Waals surface area (Å²) >= 11 is 0. The molecule has 20 heavy (non-hydrogen) atoms. The van der Waals surface area contributed by atoms with Crippen LogP contribution in [0.1, 0.15) is 71.3 Å². The molecule has 2 unspecified atom stereocenters. The van der Waals surface area contributed by atoms with E-state index in [1.54, 1.807) is 0 Å². The molecule has 0 radical (unpaired) electrons. The highest BCUT2D eigenvalue weighted by Crippen LogP contribution is 2.32. The van der Waals surface area contributed by atoms with Gasteiger partial charge in [-0.1, -0.05) is 76.8 Å². The van der Waals surface area contributed by atoms with Gasteiger partial charge in [-0.15, -0.1) is 0 Å². The van der Waals surface area contributed by atoms with E-state index < -0.39 is 0 Å². The highest BCUT2D eigenvalue weighted by Gasteiger charge is 2.33. The van der Waals surface area contributed by atoms with Crippen LogP contribution >= 0.6 is 0 Å². The Hall–Kier alpha value is -0.820. The third kappa shape index (κ3) is 5.28. The van der Waals surface area contributed by atoms with Gasteiger partial charge in [0, 0.05) is 5.54 Å². The first kappa shape index (κ1) is 17.2. The molecular weight excluding hydrogens is 242 g/mol. The number of nitrogens with two attached hydrogens (primary N) is 1. The summed E-state index contributed by atoms with van der Waals surface area (Å²) in [6, 6.07) is 10.8. The molecule has 0 spiro atoms. The average molecular weight is 275 g/mol. The van der Waals surface area contributed by atoms with Gasteiger partial charge >= 0.3 is 0 Å². The molecule has 0 amide bonds. The van der Waals surface area contributed by atoms with E-state index in [-0.39, 0.29) is 5.54 Å². The zero-order valence-electron chi connectivity index (χ0n) is 13.7. The van der Waals surface area contributed by atoms with Crippen molar-refractivity contribution in [3.8, 4) is 0 Å². The molecule has 114 valence electrons. The van der Waals surface area contributed by atoms with E-state index in [9.17, 15) is 0 Å². The van der Waals surface area contributed by atoms with E-state index in [0.29, 0.717) is 5.92 Å². The van der Waals surface area contributed by atoms with Crippen molar-refractivity contribution in [2.45, 2.75) is 77.7 Å². The molecule has 0 heterocycles. The minimum atomic E-state index is -0.0265. The smallest absolute Gasteiger partial charge is 0.0223 e. The van der Waals surface area contributed by atoms with Crippen molar-refractivity contribution in [3.05, 3.63) is 35.9 Å². The lowest BCUT2D eigenvalue weighted by atomic mass is 9.72. The summed E-state index contributed by atoms with van der Waals surface area (Å²) in [5.41, 5.74) is 8.28. The third-order valence-corrected chi connectivity index (χ3v) is 4.45. The van der Waals surface area contributed by atoms with E-state index in [0.717, 1.165) is 12.8 Å². The number of unbranched alkanes of at least 4 members (excludes halogenated alkanes) is 1. The topological polar surface area (TPSA) is 26.0 Å². The highest BCUT2D eigenvalue weighted by molar-refractivity contribution is 5.18. The molecule has 0 aliphatic carbocycles. The van der Waals surface area contributed by atoms with Crippen LogP contribution in [0.25, 0.3) is 0 Å². The number of hydrogen-bond acceptors (Lipinski definition) is 1.